The van der Waals surface area contributed by atoms with E-state index in [1.54, 1.807) is 17.0 Å². The first-order chi connectivity index (χ1) is 16.5. The lowest BCUT2D eigenvalue weighted by molar-refractivity contribution is 0.0790. The van der Waals surface area contributed by atoms with E-state index in [4.69, 9.17) is 5.73 Å². The van der Waals surface area contributed by atoms with Crippen molar-refractivity contribution in [3.63, 3.8) is 0 Å². The summed E-state index contributed by atoms with van der Waals surface area (Å²) in [4.78, 5) is 28.4. The van der Waals surface area contributed by atoms with E-state index in [2.05, 4.69) is 15.5 Å². The highest BCUT2D eigenvalue weighted by molar-refractivity contribution is 7.12. The van der Waals surface area contributed by atoms with Crippen LogP contribution in [-0.4, -0.2) is 46.0 Å². The molecule has 1 aliphatic rings. The van der Waals surface area contributed by atoms with Gasteiger partial charge in [-0.2, -0.15) is 5.10 Å². The molecule has 2 aromatic carbocycles. The Labute approximate surface area is 213 Å². The number of hydrogen-bond donors (Lipinski definition) is 3. The molecule has 180 valence electrons. The molecule has 3 heterocycles. The molecule has 2 amide bonds. The fourth-order valence-corrected chi connectivity index (χ4v) is 4.98. The van der Waals surface area contributed by atoms with Gasteiger partial charge in [0.25, 0.3) is 11.8 Å². The molecule has 5 rings (SSSR count). The van der Waals surface area contributed by atoms with Crippen LogP contribution in [-0.2, 0) is 0 Å². The zero-order valence-corrected chi connectivity index (χ0v) is 20.8. The number of benzene rings is 2. The summed E-state index contributed by atoms with van der Waals surface area (Å²) in [5.74, 6) is -0.273. The van der Waals surface area contributed by atoms with E-state index in [0.29, 0.717) is 29.2 Å². The summed E-state index contributed by atoms with van der Waals surface area (Å²) in [6.45, 7) is 3.10. The van der Waals surface area contributed by atoms with Gasteiger partial charge in [-0.25, -0.2) is 0 Å². The SMILES string of the molecule is Cc1ccsc1C(=O)Nc1cc(C(=O)N2CC[C@@H](N)C2)ccc1C=Cc1n[nH]c2ccccc12.Cl. The minimum atomic E-state index is -0.194. The van der Waals surface area contributed by atoms with Crippen LogP contribution in [0.3, 0.4) is 0 Å². The standard InChI is InChI=1S/C26H25N5O2S.ClH/c1-16-11-13-34-24(16)25(32)28-23-14-18(26(33)31-12-10-19(27)15-31)7-6-17(23)8-9-22-20-4-2-3-5-21(20)29-30-22;/h2-9,11,13-14,19H,10,12,15,27H2,1H3,(H,28,32)(H,29,30);1H/t19-;/m1./s1. The Balaban J connectivity index is 0.00000289. The number of amides is 2. The molecular weight excluding hydrogens is 482 g/mol. The highest BCUT2D eigenvalue weighted by atomic mass is 35.5. The number of aromatic nitrogens is 2. The van der Waals surface area contributed by atoms with Crippen LogP contribution in [0.15, 0.2) is 53.9 Å². The lowest BCUT2D eigenvalue weighted by Crippen LogP contribution is -2.31. The predicted octanol–water partition coefficient (Wildman–Crippen LogP) is 4.95. The Morgan fingerprint density at radius 1 is 1.20 bits per heavy atom. The molecule has 35 heavy (non-hydrogen) atoms. The Bertz CT molecular complexity index is 1410. The van der Waals surface area contributed by atoms with Crippen molar-refractivity contribution in [2.45, 2.75) is 19.4 Å². The van der Waals surface area contributed by atoms with Crippen LogP contribution in [0.4, 0.5) is 5.69 Å². The Morgan fingerprint density at radius 3 is 2.77 bits per heavy atom. The molecular formula is C26H26ClN5O2S. The third-order valence-electron chi connectivity index (χ3n) is 6.05. The number of halogens is 1. The minimum Gasteiger partial charge on any atom is -0.337 e. The van der Waals surface area contributed by atoms with Crippen LogP contribution in [0.25, 0.3) is 23.1 Å². The van der Waals surface area contributed by atoms with Gasteiger partial charge in [0.05, 0.1) is 16.1 Å². The maximum Gasteiger partial charge on any atom is 0.266 e. The molecule has 0 bridgehead atoms. The normalized spacial score (nSPS) is 15.5. The van der Waals surface area contributed by atoms with Gasteiger partial charge in [-0.15, -0.1) is 23.7 Å². The number of likely N-dealkylation sites (tertiary alicyclic amines) is 1. The van der Waals surface area contributed by atoms with Crippen molar-refractivity contribution >= 4 is 64.3 Å². The van der Waals surface area contributed by atoms with Crippen LogP contribution >= 0.6 is 23.7 Å². The third-order valence-corrected chi connectivity index (χ3v) is 7.06. The van der Waals surface area contributed by atoms with Crippen molar-refractivity contribution in [1.29, 1.82) is 0 Å². The van der Waals surface area contributed by atoms with Gasteiger partial charge >= 0.3 is 0 Å². The topological polar surface area (TPSA) is 104 Å². The molecule has 1 saturated heterocycles. The van der Waals surface area contributed by atoms with Crippen LogP contribution in [0.2, 0.25) is 0 Å². The van der Waals surface area contributed by atoms with Gasteiger partial charge < -0.3 is 16.0 Å². The average Bonchev–Trinajstić information content (AvgIpc) is 3.57. The molecule has 7 nitrogen and oxygen atoms in total. The zero-order valence-electron chi connectivity index (χ0n) is 19.2. The van der Waals surface area contributed by atoms with Crippen molar-refractivity contribution in [2.24, 2.45) is 5.73 Å². The van der Waals surface area contributed by atoms with Gasteiger partial charge in [-0.1, -0.05) is 30.3 Å². The van der Waals surface area contributed by atoms with Gasteiger partial charge in [-0.3, -0.25) is 14.7 Å². The summed E-state index contributed by atoms with van der Waals surface area (Å²) in [5, 5.41) is 13.3. The number of nitrogens with two attached hydrogens (primary N) is 1. The first kappa shape index (κ1) is 24.7. The summed E-state index contributed by atoms with van der Waals surface area (Å²) < 4.78 is 0. The molecule has 2 aromatic heterocycles. The molecule has 1 fully saturated rings. The molecule has 0 aliphatic carbocycles. The maximum absolute atomic E-state index is 13.0. The van der Waals surface area contributed by atoms with E-state index in [0.717, 1.165) is 34.1 Å². The number of fused-ring (bicyclic) bond motifs is 1. The Morgan fingerprint density at radius 2 is 2.03 bits per heavy atom. The molecule has 4 N–H and O–H groups in total. The zero-order chi connectivity index (χ0) is 23.7. The predicted molar refractivity (Wildman–Crippen MR) is 144 cm³/mol. The first-order valence-electron chi connectivity index (χ1n) is 11.1. The van der Waals surface area contributed by atoms with E-state index in [9.17, 15) is 9.59 Å². The van der Waals surface area contributed by atoms with E-state index in [1.165, 1.54) is 11.3 Å². The second-order valence-corrected chi connectivity index (χ2v) is 9.39. The van der Waals surface area contributed by atoms with E-state index in [1.807, 2.05) is 60.9 Å². The summed E-state index contributed by atoms with van der Waals surface area (Å²) >= 11 is 1.39. The molecule has 0 saturated carbocycles. The molecule has 1 atom stereocenters. The van der Waals surface area contributed by atoms with Crippen molar-refractivity contribution in [1.82, 2.24) is 15.1 Å². The van der Waals surface area contributed by atoms with Crippen molar-refractivity contribution in [3.05, 3.63) is 81.2 Å². The minimum absolute atomic E-state index is 0. The molecule has 0 unspecified atom stereocenters. The van der Waals surface area contributed by atoms with E-state index < -0.39 is 0 Å². The smallest absolute Gasteiger partial charge is 0.266 e. The quantitative estimate of drug-likeness (QED) is 0.355. The highest BCUT2D eigenvalue weighted by Crippen LogP contribution is 2.26. The molecule has 1 aliphatic heterocycles. The van der Waals surface area contributed by atoms with Gasteiger partial charge in [-0.05, 0) is 60.2 Å². The first-order valence-corrected chi connectivity index (χ1v) is 12.0. The fraction of sp³-hybridized carbons (Fsp3) is 0.192. The average molecular weight is 508 g/mol. The van der Waals surface area contributed by atoms with Crippen LogP contribution in [0.5, 0.6) is 0 Å². The molecule has 0 radical (unpaired) electrons. The number of aromatic amines is 1. The highest BCUT2D eigenvalue weighted by Gasteiger charge is 2.25. The summed E-state index contributed by atoms with van der Waals surface area (Å²) in [6, 6.07) is 15.2. The summed E-state index contributed by atoms with van der Waals surface area (Å²) in [5.41, 5.74) is 10.5. The number of carbonyl (C=O) groups excluding carboxylic acids is 2. The largest absolute Gasteiger partial charge is 0.337 e. The fourth-order valence-electron chi connectivity index (χ4n) is 4.16. The molecule has 4 aromatic rings. The monoisotopic (exact) mass is 507 g/mol. The van der Waals surface area contributed by atoms with Crippen molar-refractivity contribution < 1.29 is 9.59 Å². The van der Waals surface area contributed by atoms with Gasteiger partial charge in [0.2, 0.25) is 0 Å². The van der Waals surface area contributed by atoms with E-state index in [-0.39, 0.29) is 30.3 Å². The summed E-state index contributed by atoms with van der Waals surface area (Å²) in [6.07, 6.45) is 4.60. The van der Waals surface area contributed by atoms with E-state index >= 15 is 0 Å². The number of thiophene rings is 1. The number of aryl methyl sites for hydroxylation is 1. The molecule has 9 heteroatoms. The van der Waals surface area contributed by atoms with Gasteiger partial charge in [0.1, 0.15) is 0 Å². The van der Waals surface area contributed by atoms with Crippen LogP contribution in [0.1, 0.15) is 43.3 Å². The second-order valence-electron chi connectivity index (χ2n) is 8.48. The van der Waals surface area contributed by atoms with Gasteiger partial charge in [0.15, 0.2) is 0 Å². The van der Waals surface area contributed by atoms with Crippen LogP contribution in [0, 0.1) is 6.92 Å². The number of anilines is 1. The second kappa shape index (κ2) is 10.4. The molecule has 0 spiro atoms. The third kappa shape index (κ3) is 5.14. The number of carbonyl (C=O) groups is 2. The van der Waals surface area contributed by atoms with Crippen LogP contribution < -0.4 is 11.1 Å². The van der Waals surface area contributed by atoms with Crippen molar-refractivity contribution in [3.8, 4) is 0 Å². The number of para-hydroxylation sites is 1. The number of nitrogens with zero attached hydrogens (tertiary/aromatic N) is 2. The van der Waals surface area contributed by atoms with Gasteiger partial charge in [0, 0.05) is 35.8 Å². The number of hydrogen-bond acceptors (Lipinski definition) is 5. The lowest BCUT2D eigenvalue weighted by Gasteiger charge is -2.17. The number of rotatable bonds is 5. The number of H-pyrrole nitrogens is 1. The Hall–Kier alpha value is -3.46. The lowest BCUT2D eigenvalue weighted by atomic mass is 10.1. The summed E-state index contributed by atoms with van der Waals surface area (Å²) in [7, 11) is 0. The number of nitrogens with one attached hydrogen (secondary N) is 2. The van der Waals surface area contributed by atoms with Crippen molar-refractivity contribution in [2.75, 3.05) is 18.4 Å². The maximum atomic E-state index is 13.0. The Kier molecular flexibility index (Phi) is 7.35.